The van der Waals surface area contributed by atoms with Crippen molar-refractivity contribution in [1.82, 2.24) is 9.97 Å². The minimum Gasteiger partial charge on any atom is -0.330 e. The number of aromatic nitrogens is 2. The maximum Gasteiger partial charge on any atom is 0.129 e. The molecule has 1 aromatic heterocycles. The number of benzene rings is 1. The van der Waals surface area contributed by atoms with Crippen LogP contribution in [0.4, 0.5) is 0 Å². The van der Waals surface area contributed by atoms with Crippen molar-refractivity contribution in [2.45, 2.75) is 20.3 Å². The molecule has 0 aliphatic carbocycles. The Labute approximate surface area is 108 Å². The lowest BCUT2D eigenvalue weighted by atomic mass is 10.0. The SMILES string of the molecule is Cc1ccccc1-c1ccnc(CC(C)CN)n1. The van der Waals surface area contributed by atoms with Crippen molar-refractivity contribution in [2.75, 3.05) is 6.54 Å². The average molecular weight is 241 g/mol. The second kappa shape index (κ2) is 5.74. The van der Waals surface area contributed by atoms with E-state index in [1.807, 2.05) is 24.4 Å². The van der Waals surface area contributed by atoms with Crippen LogP contribution in [0.3, 0.4) is 0 Å². The Morgan fingerprint density at radius 3 is 2.72 bits per heavy atom. The summed E-state index contributed by atoms with van der Waals surface area (Å²) < 4.78 is 0. The molecule has 0 aliphatic heterocycles. The van der Waals surface area contributed by atoms with Crippen molar-refractivity contribution in [2.24, 2.45) is 11.7 Å². The monoisotopic (exact) mass is 241 g/mol. The van der Waals surface area contributed by atoms with Gasteiger partial charge < -0.3 is 5.73 Å². The first-order chi connectivity index (χ1) is 8.70. The van der Waals surface area contributed by atoms with Gasteiger partial charge in [0, 0.05) is 18.2 Å². The van der Waals surface area contributed by atoms with Crippen LogP contribution in [0.2, 0.25) is 0 Å². The van der Waals surface area contributed by atoms with Crippen LogP contribution in [0.15, 0.2) is 36.5 Å². The van der Waals surface area contributed by atoms with E-state index in [9.17, 15) is 0 Å². The quantitative estimate of drug-likeness (QED) is 0.895. The molecule has 0 bridgehead atoms. The molecule has 18 heavy (non-hydrogen) atoms. The summed E-state index contributed by atoms with van der Waals surface area (Å²) in [5.74, 6) is 1.28. The highest BCUT2D eigenvalue weighted by Crippen LogP contribution is 2.20. The fraction of sp³-hybridized carbons (Fsp3) is 0.333. The minimum atomic E-state index is 0.414. The number of hydrogen-bond donors (Lipinski definition) is 1. The van der Waals surface area contributed by atoms with Crippen LogP contribution in [-0.4, -0.2) is 16.5 Å². The van der Waals surface area contributed by atoms with Crippen LogP contribution < -0.4 is 5.73 Å². The van der Waals surface area contributed by atoms with Crippen LogP contribution in [0.5, 0.6) is 0 Å². The molecule has 3 heteroatoms. The molecule has 1 heterocycles. The lowest BCUT2D eigenvalue weighted by molar-refractivity contribution is 0.574. The van der Waals surface area contributed by atoms with E-state index in [0.29, 0.717) is 12.5 Å². The van der Waals surface area contributed by atoms with E-state index < -0.39 is 0 Å². The molecule has 1 unspecified atom stereocenters. The fourth-order valence-corrected chi connectivity index (χ4v) is 1.90. The van der Waals surface area contributed by atoms with Gasteiger partial charge in [0.05, 0.1) is 5.69 Å². The van der Waals surface area contributed by atoms with E-state index in [1.165, 1.54) is 11.1 Å². The highest BCUT2D eigenvalue weighted by Gasteiger charge is 2.07. The van der Waals surface area contributed by atoms with Gasteiger partial charge in [-0.05, 0) is 31.0 Å². The molecule has 0 radical (unpaired) electrons. The molecular weight excluding hydrogens is 222 g/mol. The molecule has 0 fully saturated rings. The number of rotatable bonds is 4. The van der Waals surface area contributed by atoms with Crippen LogP contribution >= 0.6 is 0 Å². The molecule has 1 atom stereocenters. The largest absolute Gasteiger partial charge is 0.330 e. The zero-order chi connectivity index (χ0) is 13.0. The maximum absolute atomic E-state index is 5.64. The van der Waals surface area contributed by atoms with E-state index in [0.717, 1.165) is 17.9 Å². The minimum absolute atomic E-state index is 0.414. The standard InChI is InChI=1S/C15H19N3/c1-11(10-16)9-15-17-8-7-14(18-15)13-6-4-3-5-12(13)2/h3-8,11H,9-10,16H2,1-2H3. The first-order valence-corrected chi connectivity index (χ1v) is 6.28. The Kier molecular flexibility index (Phi) is 4.05. The maximum atomic E-state index is 5.64. The lowest BCUT2D eigenvalue weighted by Gasteiger charge is -2.09. The normalized spacial score (nSPS) is 12.4. The summed E-state index contributed by atoms with van der Waals surface area (Å²) in [7, 11) is 0. The van der Waals surface area contributed by atoms with Gasteiger partial charge in [-0.1, -0.05) is 31.2 Å². The van der Waals surface area contributed by atoms with Gasteiger partial charge in [-0.3, -0.25) is 0 Å². The predicted octanol–water partition coefficient (Wildman–Crippen LogP) is 2.59. The lowest BCUT2D eigenvalue weighted by Crippen LogP contribution is -2.14. The van der Waals surface area contributed by atoms with Gasteiger partial charge in [-0.15, -0.1) is 0 Å². The number of nitrogens with zero attached hydrogens (tertiary/aromatic N) is 2. The highest BCUT2D eigenvalue weighted by atomic mass is 14.9. The van der Waals surface area contributed by atoms with Crippen molar-refractivity contribution in [3.63, 3.8) is 0 Å². The molecule has 0 aliphatic rings. The first kappa shape index (κ1) is 12.7. The third-order valence-electron chi connectivity index (χ3n) is 3.06. The zero-order valence-corrected chi connectivity index (χ0v) is 10.9. The van der Waals surface area contributed by atoms with E-state index in [2.05, 4.69) is 35.9 Å². The van der Waals surface area contributed by atoms with E-state index in [1.54, 1.807) is 0 Å². The van der Waals surface area contributed by atoms with Crippen LogP contribution in [0, 0.1) is 12.8 Å². The van der Waals surface area contributed by atoms with E-state index >= 15 is 0 Å². The molecule has 94 valence electrons. The van der Waals surface area contributed by atoms with Gasteiger partial charge in [0.15, 0.2) is 0 Å². The smallest absolute Gasteiger partial charge is 0.129 e. The van der Waals surface area contributed by atoms with Gasteiger partial charge in [0.2, 0.25) is 0 Å². The third-order valence-corrected chi connectivity index (χ3v) is 3.06. The zero-order valence-electron chi connectivity index (χ0n) is 10.9. The summed E-state index contributed by atoms with van der Waals surface area (Å²) in [5, 5.41) is 0. The highest BCUT2D eigenvalue weighted by molar-refractivity contribution is 5.62. The Morgan fingerprint density at radius 1 is 1.22 bits per heavy atom. The second-order valence-electron chi connectivity index (χ2n) is 4.72. The fourth-order valence-electron chi connectivity index (χ4n) is 1.90. The third kappa shape index (κ3) is 2.93. The molecule has 0 spiro atoms. The van der Waals surface area contributed by atoms with Crippen LogP contribution in [0.25, 0.3) is 11.3 Å². The van der Waals surface area contributed by atoms with Gasteiger partial charge in [0.1, 0.15) is 5.82 Å². The molecule has 0 amide bonds. The topological polar surface area (TPSA) is 51.8 Å². The molecular formula is C15H19N3. The van der Waals surface area contributed by atoms with Gasteiger partial charge >= 0.3 is 0 Å². The second-order valence-corrected chi connectivity index (χ2v) is 4.72. The summed E-state index contributed by atoms with van der Waals surface area (Å²) in [5.41, 5.74) is 9.02. The van der Waals surface area contributed by atoms with Gasteiger partial charge in [-0.25, -0.2) is 9.97 Å². The van der Waals surface area contributed by atoms with E-state index in [4.69, 9.17) is 5.73 Å². The number of nitrogens with two attached hydrogens (primary N) is 1. The summed E-state index contributed by atoms with van der Waals surface area (Å²) >= 11 is 0. The Hall–Kier alpha value is -1.74. The number of aryl methyl sites for hydroxylation is 1. The van der Waals surface area contributed by atoms with Crippen molar-refractivity contribution in [3.05, 3.63) is 47.9 Å². The molecule has 3 nitrogen and oxygen atoms in total. The summed E-state index contributed by atoms with van der Waals surface area (Å²) in [6.07, 6.45) is 2.66. The molecule has 0 saturated carbocycles. The Bertz CT molecular complexity index is 523. The van der Waals surface area contributed by atoms with Crippen molar-refractivity contribution in [1.29, 1.82) is 0 Å². The average Bonchev–Trinajstić information content (AvgIpc) is 2.39. The summed E-state index contributed by atoms with van der Waals surface area (Å²) in [6, 6.07) is 10.2. The Morgan fingerprint density at radius 2 is 2.00 bits per heavy atom. The summed E-state index contributed by atoms with van der Waals surface area (Å²) in [6.45, 7) is 4.88. The predicted molar refractivity (Wildman–Crippen MR) is 74.1 cm³/mol. The van der Waals surface area contributed by atoms with Gasteiger partial charge in [-0.2, -0.15) is 0 Å². The van der Waals surface area contributed by atoms with Crippen molar-refractivity contribution >= 4 is 0 Å². The number of hydrogen-bond acceptors (Lipinski definition) is 3. The molecule has 2 aromatic rings. The molecule has 1 aromatic carbocycles. The van der Waals surface area contributed by atoms with E-state index in [-0.39, 0.29) is 0 Å². The van der Waals surface area contributed by atoms with Crippen LogP contribution in [0.1, 0.15) is 18.3 Å². The molecule has 0 saturated heterocycles. The van der Waals surface area contributed by atoms with Crippen molar-refractivity contribution in [3.8, 4) is 11.3 Å². The first-order valence-electron chi connectivity index (χ1n) is 6.28. The molecule has 2 N–H and O–H groups in total. The van der Waals surface area contributed by atoms with Crippen molar-refractivity contribution < 1.29 is 0 Å². The van der Waals surface area contributed by atoms with Crippen LogP contribution in [-0.2, 0) is 6.42 Å². The molecule has 2 rings (SSSR count). The summed E-state index contributed by atoms with van der Waals surface area (Å²) in [4.78, 5) is 8.94. The van der Waals surface area contributed by atoms with Gasteiger partial charge in [0.25, 0.3) is 0 Å². The Balaban J connectivity index is 2.30.